The van der Waals surface area contributed by atoms with Crippen molar-refractivity contribution in [3.05, 3.63) is 39.8 Å². The molecule has 1 amide bonds. The predicted molar refractivity (Wildman–Crippen MR) is 106 cm³/mol. The SMILES string of the molecule is O=C(Cc1cccs1)NCC1CCCN(CCn2cc(Cl)cn2)C1.O=CO. The van der Waals surface area contributed by atoms with Crippen LogP contribution >= 0.6 is 22.9 Å². The highest BCUT2D eigenvalue weighted by Crippen LogP contribution is 2.16. The standard InChI is InChI=1S/C17H23ClN4OS.CH2O2/c18-15-11-20-22(13-15)7-6-21-5-1-3-14(12-21)10-19-17(23)9-16-4-2-8-24-16;2-1-3/h2,4,8,11,13-14H,1,3,5-7,9-10,12H2,(H,19,23);1H,(H,2,3). The van der Waals surface area contributed by atoms with Crippen molar-refractivity contribution in [2.45, 2.75) is 25.8 Å². The molecule has 0 bridgehead atoms. The Hall–Kier alpha value is -1.90. The van der Waals surface area contributed by atoms with Crippen molar-refractivity contribution >= 4 is 35.3 Å². The Bertz CT molecular complexity index is 693. The molecule has 1 aliphatic heterocycles. The summed E-state index contributed by atoms with van der Waals surface area (Å²) in [6.45, 7) is 4.50. The van der Waals surface area contributed by atoms with Crippen molar-refractivity contribution in [3.63, 3.8) is 0 Å². The second kappa shape index (κ2) is 11.7. The number of hydrogen-bond donors (Lipinski definition) is 2. The summed E-state index contributed by atoms with van der Waals surface area (Å²) in [6.07, 6.45) is 6.39. The number of amides is 1. The molecule has 0 aliphatic carbocycles. The van der Waals surface area contributed by atoms with Crippen LogP contribution in [0.4, 0.5) is 0 Å². The average molecular weight is 413 g/mol. The summed E-state index contributed by atoms with van der Waals surface area (Å²) in [4.78, 5) is 23.9. The van der Waals surface area contributed by atoms with Crippen molar-refractivity contribution < 1.29 is 14.7 Å². The summed E-state index contributed by atoms with van der Waals surface area (Å²) in [7, 11) is 0. The zero-order valence-electron chi connectivity index (χ0n) is 15.1. The van der Waals surface area contributed by atoms with Crippen molar-refractivity contribution in [1.82, 2.24) is 20.0 Å². The van der Waals surface area contributed by atoms with E-state index in [9.17, 15) is 4.79 Å². The van der Waals surface area contributed by atoms with Gasteiger partial charge in [-0.05, 0) is 36.8 Å². The molecule has 2 aromatic heterocycles. The second-order valence-electron chi connectivity index (χ2n) is 6.40. The molecule has 1 aliphatic rings. The van der Waals surface area contributed by atoms with Crippen LogP contribution in [-0.4, -0.2) is 58.3 Å². The fraction of sp³-hybridized carbons (Fsp3) is 0.500. The lowest BCUT2D eigenvalue weighted by molar-refractivity contribution is -0.123. The summed E-state index contributed by atoms with van der Waals surface area (Å²) in [5, 5.41) is 16.9. The molecule has 0 aromatic carbocycles. The van der Waals surface area contributed by atoms with Gasteiger partial charge in [-0.2, -0.15) is 5.10 Å². The number of nitrogens with zero attached hydrogens (tertiary/aromatic N) is 3. The molecule has 1 unspecified atom stereocenters. The maximum absolute atomic E-state index is 12.0. The third-order valence-corrected chi connectivity index (χ3v) is 5.42. The van der Waals surface area contributed by atoms with Crippen molar-refractivity contribution in [3.8, 4) is 0 Å². The van der Waals surface area contributed by atoms with Gasteiger partial charge in [-0.1, -0.05) is 17.7 Å². The molecular formula is C18H25ClN4O3S. The zero-order valence-corrected chi connectivity index (χ0v) is 16.7. The van der Waals surface area contributed by atoms with E-state index >= 15 is 0 Å². The minimum Gasteiger partial charge on any atom is -0.483 e. The largest absolute Gasteiger partial charge is 0.483 e. The van der Waals surface area contributed by atoms with Gasteiger partial charge in [0.05, 0.1) is 24.2 Å². The number of carbonyl (C=O) groups is 2. The fourth-order valence-electron chi connectivity index (χ4n) is 3.12. The van der Waals surface area contributed by atoms with Gasteiger partial charge < -0.3 is 15.3 Å². The Morgan fingerprint density at radius 3 is 2.96 bits per heavy atom. The molecule has 27 heavy (non-hydrogen) atoms. The number of carbonyl (C=O) groups excluding carboxylic acids is 1. The van der Waals surface area contributed by atoms with Gasteiger partial charge in [-0.15, -0.1) is 11.3 Å². The van der Waals surface area contributed by atoms with E-state index in [0.29, 0.717) is 17.4 Å². The minimum absolute atomic E-state index is 0.126. The molecule has 0 saturated carbocycles. The molecular weight excluding hydrogens is 388 g/mol. The first-order valence-electron chi connectivity index (χ1n) is 8.88. The molecule has 1 atom stereocenters. The number of thiophene rings is 1. The maximum atomic E-state index is 12.0. The predicted octanol–water partition coefficient (Wildman–Crippen LogP) is 2.37. The molecule has 0 radical (unpaired) electrons. The van der Waals surface area contributed by atoms with Crippen LogP contribution in [0, 0.1) is 5.92 Å². The molecule has 2 aromatic rings. The van der Waals surface area contributed by atoms with Gasteiger partial charge in [-0.3, -0.25) is 14.3 Å². The number of rotatable bonds is 7. The zero-order chi connectivity index (χ0) is 19.5. The highest BCUT2D eigenvalue weighted by Gasteiger charge is 2.20. The van der Waals surface area contributed by atoms with E-state index in [-0.39, 0.29) is 12.4 Å². The Morgan fingerprint density at radius 1 is 1.48 bits per heavy atom. The van der Waals surface area contributed by atoms with E-state index < -0.39 is 0 Å². The van der Waals surface area contributed by atoms with Crippen LogP contribution in [0.25, 0.3) is 0 Å². The molecule has 2 N–H and O–H groups in total. The molecule has 148 valence electrons. The van der Waals surface area contributed by atoms with E-state index in [1.54, 1.807) is 17.5 Å². The third-order valence-electron chi connectivity index (χ3n) is 4.35. The summed E-state index contributed by atoms with van der Waals surface area (Å²) in [6, 6.07) is 3.99. The smallest absolute Gasteiger partial charge is 0.290 e. The van der Waals surface area contributed by atoms with Gasteiger partial charge in [0.15, 0.2) is 0 Å². The van der Waals surface area contributed by atoms with E-state index in [1.165, 1.54) is 12.8 Å². The Balaban J connectivity index is 0.000000817. The molecule has 0 spiro atoms. The lowest BCUT2D eigenvalue weighted by Gasteiger charge is -2.32. The maximum Gasteiger partial charge on any atom is 0.290 e. The molecule has 1 saturated heterocycles. The first-order valence-corrected chi connectivity index (χ1v) is 10.1. The number of carboxylic acid groups (broad SMARTS) is 1. The van der Waals surface area contributed by atoms with Crippen LogP contribution in [0.2, 0.25) is 5.02 Å². The van der Waals surface area contributed by atoms with Gasteiger partial charge in [0.1, 0.15) is 0 Å². The van der Waals surface area contributed by atoms with Crippen LogP contribution in [-0.2, 0) is 22.6 Å². The number of halogens is 1. The number of nitrogens with one attached hydrogen (secondary N) is 1. The highest BCUT2D eigenvalue weighted by atomic mass is 35.5. The Kier molecular flexibility index (Phi) is 9.30. The Labute approximate surface area is 167 Å². The second-order valence-corrected chi connectivity index (χ2v) is 7.86. The van der Waals surface area contributed by atoms with Gasteiger partial charge in [0.2, 0.25) is 5.91 Å². The lowest BCUT2D eigenvalue weighted by Crippen LogP contribution is -2.42. The van der Waals surface area contributed by atoms with Gasteiger partial charge in [-0.25, -0.2) is 0 Å². The monoisotopic (exact) mass is 412 g/mol. The van der Waals surface area contributed by atoms with Crippen LogP contribution in [0.15, 0.2) is 29.9 Å². The molecule has 1 fully saturated rings. The van der Waals surface area contributed by atoms with Crippen LogP contribution in [0.5, 0.6) is 0 Å². The summed E-state index contributed by atoms with van der Waals surface area (Å²) >= 11 is 7.52. The molecule has 3 rings (SSSR count). The normalized spacial score (nSPS) is 17.0. The molecule has 3 heterocycles. The first-order chi connectivity index (χ1) is 13.1. The topological polar surface area (TPSA) is 87.5 Å². The van der Waals surface area contributed by atoms with E-state index in [0.717, 1.165) is 37.6 Å². The molecule has 9 heteroatoms. The highest BCUT2D eigenvalue weighted by molar-refractivity contribution is 7.10. The van der Waals surface area contributed by atoms with Crippen LogP contribution in [0.3, 0.4) is 0 Å². The summed E-state index contributed by atoms with van der Waals surface area (Å²) < 4.78 is 1.88. The summed E-state index contributed by atoms with van der Waals surface area (Å²) in [5.74, 6) is 0.660. The Morgan fingerprint density at radius 2 is 2.30 bits per heavy atom. The number of hydrogen-bond acceptors (Lipinski definition) is 5. The molecule has 7 nitrogen and oxygen atoms in total. The third kappa shape index (κ3) is 8.11. The summed E-state index contributed by atoms with van der Waals surface area (Å²) in [5.41, 5.74) is 0. The number of piperidine rings is 1. The quantitative estimate of drug-likeness (QED) is 0.681. The van der Waals surface area contributed by atoms with Gasteiger partial charge in [0.25, 0.3) is 6.47 Å². The van der Waals surface area contributed by atoms with Gasteiger partial charge >= 0.3 is 0 Å². The van der Waals surface area contributed by atoms with Crippen molar-refractivity contribution in [2.24, 2.45) is 5.92 Å². The van der Waals surface area contributed by atoms with Crippen LogP contribution in [0.1, 0.15) is 17.7 Å². The van der Waals surface area contributed by atoms with E-state index in [4.69, 9.17) is 21.5 Å². The van der Waals surface area contributed by atoms with E-state index in [1.807, 2.05) is 28.4 Å². The fourth-order valence-corrected chi connectivity index (χ4v) is 3.98. The first kappa shape index (κ1) is 21.4. The van der Waals surface area contributed by atoms with E-state index in [2.05, 4.69) is 15.3 Å². The number of likely N-dealkylation sites (tertiary alicyclic amines) is 1. The van der Waals surface area contributed by atoms with Gasteiger partial charge in [0, 0.05) is 30.7 Å². The van der Waals surface area contributed by atoms with Crippen LogP contribution < -0.4 is 5.32 Å². The van der Waals surface area contributed by atoms with Crippen molar-refractivity contribution in [1.29, 1.82) is 0 Å². The number of aromatic nitrogens is 2. The average Bonchev–Trinajstić information content (AvgIpc) is 3.31. The minimum atomic E-state index is -0.250. The lowest BCUT2D eigenvalue weighted by atomic mass is 9.98. The van der Waals surface area contributed by atoms with Crippen molar-refractivity contribution in [2.75, 3.05) is 26.2 Å².